The van der Waals surface area contributed by atoms with E-state index in [4.69, 9.17) is 23.2 Å². The second kappa shape index (κ2) is 6.83. The quantitative estimate of drug-likeness (QED) is 0.366. The minimum atomic E-state index is -0.266. The summed E-state index contributed by atoms with van der Waals surface area (Å²) in [5.74, 6) is -0.266. The molecule has 0 aliphatic rings. The number of benzene rings is 3. The van der Waals surface area contributed by atoms with Gasteiger partial charge < -0.3 is 0 Å². The molecular formula is C20H13Cl2N3O. The highest BCUT2D eigenvalue weighted by atomic mass is 35.5. The van der Waals surface area contributed by atoms with Crippen LogP contribution >= 0.6 is 23.2 Å². The summed E-state index contributed by atoms with van der Waals surface area (Å²) in [6, 6.07) is 19.9. The van der Waals surface area contributed by atoms with Crippen LogP contribution < -0.4 is 10.9 Å². The summed E-state index contributed by atoms with van der Waals surface area (Å²) >= 11 is 12.0. The van der Waals surface area contributed by atoms with Crippen LogP contribution in [0, 0.1) is 0 Å². The van der Waals surface area contributed by atoms with Gasteiger partial charge in [-0.05, 0) is 48.5 Å². The molecule has 0 bridgehead atoms. The molecule has 26 heavy (non-hydrogen) atoms. The predicted octanol–water partition coefficient (Wildman–Crippen LogP) is 5.45. The number of fused-ring (bicyclic) bond motifs is 2. The largest absolute Gasteiger partial charge is 0.297 e. The van der Waals surface area contributed by atoms with E-state index in [1.54, 1.807) is 30.3 Å². The van der Waals surface area contributed by atoms with Crippen LogP contribution in [0.5, 0.6) is 0 Å². The van der Waals surface area contributed by atoms with Crippen LogP contribution in [0.3, 0.4) is 0 Å². The Balaban J connectivity index is 1.75. The molecule has 0 saturated carbocycles. The summed E-state index contributed by atoms with van der Waals surface area (Å²) in [5.41, 5.74) is 8.64. The Morgan fingerprint density at radius 2 is 1.50 bits per heavy atom. The number of carbonyl (C=O) groups is 1. The molecule has 0 radical (unpaired) electrons. The smallest absolute Gasteiger partial charge is 0.269 e. The van der Waals surface area contributed by atoms with Crippen LogP contribution in [0.1, 0.15) is 10.4 Å². The standard InChI is InChI=1S/C20H13Cl2N3O/c21-13-7-5-12(6-8-13)20(26)25-24-19-15-3-1-2-4-17(15)23-18-10-9-14(22)11-16(18)19/h1-11H,(H,23,24)(H,25,26). The molecule has 4 aromatic rings. The van der Waals surface area contributed by atoms with Gasteiger partial charge in [0.05, 0.1) is 16.7 Å². The van der Waals surface area contributed by atoms with Gasteiger partial charge in [-0.3, -0.25) is 15.6 Å². The van der Waals surface area contributed by atoms with Crippen molar-refractivity contribution in [3.05, 3.63) is 82.3 Å². The van der Waals surface area contributed by atoms with Crippen molar-refractivity contribution in [2.24, 2.45) is 0 Å². The highest BCUT2D eigenvalue weighted by Gasteiger charge is 2.11. The first-order valence-electron chi connectivity index (χ1n) is 7.92. The van der Waals surface area contributed by atoms with Crippen LogP contribution in [0.15, 0.2) is 66.7 Å². The van der Waals surface area contributed by atoms with Gasteiger partial charge in [-0.1, -0.05) is 41.4 Å². The summed E-state index contributed by atoms with van der Waals surface area (Å²) in [6.45, 7) is 0. The fourth-order valence-corrected chi connectivity index (χ4v) is 3.09. The van der Waals surface area contributed by atoms with Crippen molar-refractivity contribution in [3.8, 4) is 0 Å². The van der Waals surface area contributed by atoms with Gasteiger partial charge in [0.15, 0.2) is 0 Å². The number of amides is 1. The van der Waals surface area contributed by atoms with Crippen molar-refractivity contribution in [1.82, 2.24) is 10.4 Å². The van der Waals surface area contributed by atoms with E-state index in [1.807, 2.05) is 36.4 Å². The molecule has 2 N–H and O–H groups in total. The Hall–Kier alpha value is -2.82. The number of nitrogens with zero attached hydrogens (tertiary/aromatic N) is 1. The zero-order chi connectivity index (χ0) is 18.1. The molecule has 0 spiro atoms. The molecule has 1 aromatic heterocycles. The molecule has 0 saturated heterocycles. The van der Waals surface area contributed by atoms with Gasteiger partial charge in [0.2, 0.25) is 0 Å². The normalized spacial score (nSPS) is 10.8. The van der Waals surface area contributed by atoms with E-state index in [1.165, 1.54) is 0 Å². The fraction of sp³-hybridized carbons (Fsp3) is 0. The minimum absolute atomic E-state index is 0.266. The average molecular weight is 382 g/mol. The van der Waals surface area contributed by atoms with Crippen molar-refractivity contribution in [1.29, 1.82) is 0 Å². The topological polar surface area (TPSA) is 54.0 Å². The highest BCUT2D eigenvalue weighted by Crippen LogP contribution is 2.31. The molecule has 6 heteroatoms. The number of hydrazine groups is 1. The molecule has 0 aliphatic heterocycles. The SMILES string of the molecule is O=C(NNc1c2ccccc2nc2ccc(Cl)cc12)c1ccc(Cl)cc1. The van der Waals surface area contributed by atoms with Crippen LogP contribution in [0.25, 0.3) is 21.8 Å². The maximum Gasteiger partial charge on any atom is 0.269 e. The van der Waals surface area contributed by atoms with E-state index in [0.29, 0.717) is 15.6 Å². The van der Waals surface area contributed by atoms with Crippen LogP contribution in [0.2, 0.25) is 10.0 Å². The summed E-state index contributed by atoms with van der Waals surface area (Å²) in [4.78, 5) is 17.1. The third-order valence-electron chi connectivity index (χ3n) is 4.05. The Morgan fingerprint density at radius 3 is 2.31 bits per heavy atom. The zero-order valence-electron chi connectivity index (χ0n) is 13.5. The monoisotopic (exact) mass is 381 g/mol. The number of hydrogen-bond acceptors (Lipinski definition) is 3. The van der Waals surface area contributed by atoms with E-state index >= 15 is 0 Å². The molecule has 1 amide bonds. The Morgan fingerprint density at radius 1 is 0.808 bits per heavy atom. The van der Waals surface area contributed by atoms with Crippen molar-refractivity contribution >= 4 is 56.6 Å². The number of halogens is 2. The lowest BCUT2D eigenvalue weighted by Gasteiger charge is -2.14. The van der Waals surface area contributed by atoms with Crippen LogP contribution in [-0.2, 0) is 0 Å². The first-order chi connectivity index (χ1) is 12.6. The van der Waals surface area contributed by atoms with E-state index in [-0.39, 0.29) is 5.91 Å². The molecule has 4 rings (SSSR count). The van der Waals surface area contributed by atoms with Gasteiger partial charge in [0.1, 0.15) is 0 Å². The van der Waals surface area contributed by atoms with Crippen molar-refractivity contribution in [3.63, 3.8) is 0 Å². The van der Waals surface area contributed by atoms with Crippen molar-refractivity contribution in [2.45, 2.75) is 0 Å². The minimum Gasteiger partial charge on any atom is -0.297 e. The molecule has 1 heterocycles. The Bertz CT molecular complexity index is 1130. The van der Waals surface area contributed by atoms with E-state index in [9.17, 15) is 4.79 Å². The second-order valence-electron chi connectivity index (χ2n) is 5.75. The van der Waals surface area contributed by atoms with E-state index < -0.39 is 0 Å². The van der Waals surface area contributed by atoms with Crippen molar-refractivity contribution < 1.29 is 4.79 Å². The molecule has 0 aliphatic carbocycles. The molecular weight excluding hydrogens is 369 g/mol. The number of pyridine rings is 1. The van der Waals surface area contributed by atoms with Gasteiger partial charge in [-0.25, -0.2) is 4.98 Å². The third kappa shape index (κ3) is 3.17. The van der Waals surface area contributed by atoms with Gasteiger partial charge in [-0.15, -0.1) is 0 Å². The number of nitrogens with one attached hydrogen (secondary N) is 2. The van der Waals surface area contributed by atoms with Gasteiger partial charge >= 0.3 is 0 Å². The summed E-state index contributed by atoms with van der Waals surface area (Å²) < 4.78 is 0. The van der Waals surface area contributed by atoms with Crippen LogP contribution in [0.4, 0.5) is 5.69 Å². The van der Waals surface area contributed by atoms with Crippen LogP contribution in [-0.4, -0.2) is 10.9 Å². The maximum absolute atomic E-state index is 12.4. The molecule has 0 unspecified atom stereocenters. The number of carbonyl (C=O) groups excluding carboxylic acids is 1. The number of para-hydroxylation sites is 1. The lowest BCUT2D eigenvalue weighted by molar-refractivity contribution is 0.0963. The molecule has 4 nitrogen and oxygen atoms in total. The van der Waals surface area contributed by atoms with Gasteiger partial charge in [-0.2, -0.15) is 0 Å². The number of rotatable bonds is 3. The molecule has 3 aromatic carbocycles. The lowest BCUT2D eigenvalue weighted by atomic mass is 10.1. The second-order valence-corrected chi connectivity index (χ2v) is 6.62. The number of aromatic nitrogens is 1. The number of anilines is 1. The first kappa shape index (κ1) is 16.6. The molecule has 128 valence electrons. The van der Waals surface area contributed by atoms with E-state index in [0.717, 1.165) is 27.5 Å². The zero-order valence-corrected chi connectivity index (χ0v) is 15.0. The maximum atomic E-state index is 12.4. The molecule has 0 atom stereocenters. The number of hydrogen-bond donors (Lipinski definition) is 2. The first-order valence-corrected chi connectivity index (χ1v) is 8.67. The summed E-state index contributed by atoms with van der Waals surface area (Å²) in [6.07, 6.45) is 0. The van der Waals surface area contributed by atoms with E-state index in [2.05, 4.69) is 15.8 Å². The van der Waals surface area contributed by atoms with Gasteiger partial charge in [0, 0.05) is 26.4 Å². The average Bonchev–Trinajstić information content (AvgIpc) is 2.65. The Labute approximate surface area is 159 Å². The summed E-state index contributed by atoms with van der Waals surface area (Å²) in [7, 11) is 0. The highest BCUT2D eigenvalue weighted by molar-refractivity contribution is 6.31. The Kier molecular flexibility index (Phi) is 4.37. The summed E-state index contributed by atoms with van der Waals surface area (Å²) in [5, 5.41) is 2.89. The fourth-order valence-electron chi connectivity index (χ4n) is 2.79. The molecule has 0 fully saturated rings. The van der Waals surface area contributed by atoms with Crippen molar-refractivity contribution in [2.75, 3.05) is 5.43 Å². The third-order valence-corrected chi connectivity index (χ3v) is 4.54. The van der Waals surface area contributed by atoms with Gasteiger partial charge in [0.25, 0.3) is 5.91 Å². The predicted molar refractivity (Wildman–Crippen MR) is 107 cm³/mol. The lowest BCUT2D eigenvalue weighted by Crippen LogP contribution is -2.29.